The van der Waals surface area contributed by atoms with Gasteiger partial charge in [0.15, 0.2) is 0 Å². The first kappa shape index (κ1) is 15.1. The summed E-state index contributed by atoms with van der Waals surface area (Å²) in [7, 11) is 0. The van der Waals surface area contributed by atoms with Gasteiger partial charge < -0.3 is 14.3 Å². The van der Waals surface area contributed by atoms with Crippen LogP contribution in [0.5, 0.6) is 5.75 Å². The van der Waals surface area contributed by atoms with Crippen molar-refractivity contribution in [3.8, 4) is 5.75 Å². The SMILES string of the molecule is Cc1cc(=O)oc2cc(OCC3CCC(CO)CC3)ccc12. The fraction of sp³-hybridized carbons (Fsp3) is 0.500. The van der Waals surface area contributed by atoms with Crippen molar-refractivity contribution < 1.29 is 14.3 Å². The molecule has 0 aliphatic heterocycles. The molecule has 0 amide bonds. The van der Waals surface area contributed by atoms with Crippen molar-refractivity contribution in [3.05, 3.63) is 40.2 Å². The minimum absolute atomic E-state index is 0.302. The molecule has 1 aliphatic carbocycles. The number of rotatable bonds is 4. The van der Waals surface area contributed by atoms with Gasteiger partial charge in [0, 0.05) is 24.1 Å². The first-order valence-corrected chi connectivity index (χ1v) is 7.94. The van der Waals surface area contributed by atoms with Crippen molar-refractivity contribution >= 4 is 11.0 Å². The van der Waals surface area contributed by atoms with Gasteiger partial charge in [0.05, 0.1) is 6.61 Å². The lowest BCUT2D eigenvalue weighted by Gasteiger charge is -2.27. The zero-order valence-electron chi connectivity index (χ0n) is 12.9. The topological polar surface area (TPSA) is 59.7 Å². The summed E-state index contributed by atoms with van der Waals surface area (Å²) >= 11 is 0. The van der Waals surface area contributed by atoms with Crippen LogP contribution in [0.25, 0.3) is 11.0 Å². The van der Waals surface area contributed by atoms with Crippen LogP contribution in [0.15, 0.2) is 33.5 Å². The molecule has 0 unspecified atom stereocenters. The Morgan fingerprint density at radius 2 is 1.91 bits per heavy atom. The molecule has 0 radical (unpaired) electrons. The van der Waals surface area contributed by atoms with E-state index in [0.29, 0.717) is 30.6 Å². The number of aliphatic hydroxyl groups excluding tert-OH is 1. The maximum atomic E-state index is 11.5. The van der Waals surface area contributed by atoms with Crippen LogP contribution in [0.3, 0.4) is 0 Å². The van der Waals surface area contributed by atoms with Gasteiger partial charge in [0.1, 0.15) is 11.3 Å². The van der Waals surface area contributed by atoms with Crippen LogP contribution in [0.4, 0.5) is 0 Å². The molecule has 2 aromatic rings. The van der Waals surface area contributed by atoms with E-state index in [-0.39, 0.29) is 5.63 Å². The molecule has 22 heavy (non-hydrogen) atoms. The highest BCUT2D eigenvalue weighted by Gasteiger charge is 2.21. The van der Waals surface area contributed by atoms with Crippen LogP contribution in [0.2, 0.25) is 0 Å². The number of ether oxygens (including phenoxy) is 1. The van der Waals surface area contributed by atoms with Crippen LogP contribution >= 0.6 is 0 Å². The molecule has 1 fully saturated rings. The first-order valence-electron chi connectivity index (χ1n) is 7.94. The molecule has 4 nitrogen and oxygen atoms in total. The maximum absolute atomic E-state index is 11.5. The molecule has 1 N–H and O–H groups in total. The van der Waals surface area contributed by atoms with E-state index in [2.05, 4.69) is 0 Å². The zero-order valence-corrected chi connectivity index (χ0v) is 12.9. The molecule has 0 bridgehead atoms. The molecule has 118 valence electrons. The fourth-order valence-corrected chi connectivity index (χ4v) is 3.19. The molecule has 0 saturated heterocycles. The molecular weight excluding hydrogens is 280 g/mol. The van der Waals surface area contributed by atoms with Crippen molar-refractivity contribution in [1.82, 2.24) is 0 Å². The Bertz CT molecular complexity index is 696. The summed E-state index contributed by atoms with van der Waals surface area (Å²) < 4.78 is 11.1. The second kappa shape index (κ2) is 6.53. The minimum atomic E-state index is -0.329. The van der Waals surface area contributed by atoms with Gasteiger partial charge in [-0.15, -0.1) is 0 Å². The fourth-order valence-electron chi connectivity index (χ4n) is 3.19. The molecule has 1 aliphatic rings. The Labute approximate surface area is 129 Å². The molecule has 1 aromatic heterocycles. The highest BCUT2D eigenvalue weighted by molar-refractivity contribution is 5.81. The van der Waals surface area contributed by atoms with Gasteiger partial charge in [-0.1, -0.05) is 0 Å². The summed E-state index contributed by atoms with van der Waals surface area (Å²) in [5.74, 6) is 1.75. The van der Waals surface area contributed by atoms with Crippen molar-refractivity contribution in [2.75, 3.05) is 13.2 Å². The Morgan fingerprint density at radius 3 is 2.64 bits per heavy atom. The number of aryl methyl sites for hydroxylation is 1. The second-order valence-electron chi connectivity index (χ2n) is 6.29. The van der Waals surface area contributed by atoms with E-state index in [4.69, 9.17) is 14.3 Å². The summed E-state index contributed by atoms with van der Waals surface area (Å²) in [6.07, 6.45) is 4.37. The van der Waals surface area contributed by atoms with Gasteiger partial charge in [-0.3, -0.25) is 0 Å². The average Bonchev–Trinajstić information content (AvgIpc) is 2.53. The predicted molar refractivity (Wildman–Crippen MR) is 85.2 cm³/mol. The average molecular weight is 302 g/mol. The molecule has 1 saturated carbocycles. The summed E-state index contributed by atoms with van der Waals surface area (Å²) in [6.45, 7) is 2.88. The zero-order chi connectivity index (χ0) is 15.5. The smallest absolute Gasteiger partial charge is 0.336 e. The van der Waals surface area contributed by atoms with Crippen LogP contribution in [0.1, 0.15) is 31.2 Å². The highest BCUT2D eigenvalue weighted by Crippen LogP contribution is 2.29. The van der Waals surface area contributed by atoms with E-state index in [1.165, 1.54) is 6.07 Å². The Hall–Kier alpha value is -1.81. The van der Waals surface area contributed by atoms with Gasteiger partial charge >= 0.3 is 5.63 Å². The largest absolute Gasteiger partial charge is 0.493 e. The summed E-state index contributed by atoms with van der Waals surface area (Å²) in [4.78, 5) is 11.5. The van der Waals surface area contributed by atoms with E-state index in [1.807, 2.05) is 19.1 Å². The lowest BCUT2D eigenvalue weighted by molar-refractivity contribution is 0.139. The van der Waals surface area contributed by atoms with Crippen LogP contribution in [-0.4, -0.2) is 18.3 Å². The van der Waals surface area contributed by atoms with E-state index in [1.54, 1.807) is 6.07 Å². The normalized spacial score (nSPS) is 21.9. The van der Waals surface area contributed by atoms with Gasteiger partial charge in [-0.05, 0) is 62.1 Å². The molecule has 3 rings (SSSR count). The summed E-state index contributed by atoms with van der Waals surface area (Å²) in [6, 6.07) is 7.16. The molecule has 1 heterocycles. The molecule has 1 aromatic carbocycles. The lowest BCUT2D eigenvalue weighted by atomic mass is 9.83. The van der Waals surface area contributed by atoms with E-state index >= 15 is 0 Å². The van der Waals surface area contributed by atoms with Crippen LogP contribution in [0, 0.1) is 18.8 Å². The number of hydrogen-bond donors (Lipinski definition) is 1. The van der Waals surface area contributed by atoms with Gasteiger partial charge in [0.2, 0.25) is 0 Å². The quantitative estimate of drug-likeness (QED) is 0.881. The Kier molecular flexibility index (Phi) is 4.48. The number of benzene rings is 1. The van der Waals surface area contributed by atoms with Gasteiger partial charge in [-0.2, -0.15) is 0 Å². The lowest BCUT2D eigenvalue weighted by Crippen LogP contribution is -2.21. The first-order chi connectivity index (χ1) is 10.7. The maximum Gasteiger partial charge on any atom is 0.336 e. The molecule has 0 spiro atoms. The Morgan fingerprint density at radius 1 is 1.18 bits per heavy atom. The van der Waals surface area contributed by atoms with E-state index in [0.717, 1.165) is 42.4 Å². The molecule has 0 atom stereocenters. The third-order valence-corrected chi connectivity index (χ3v) is 4.63. The van der Waals surface area contributed by atoms with Crippen molar-refractivity contribution in [2.24, 2.45) is 11.8 Å². The molecular formula is C18H22O4. The van der Waals surface area contributed by atoms with Crippen molar-refractivity contribution in [3.63, 3.8) is 0 Å². The van der Waals surface area contributed by atoms with E-state index in [9.17, 15) is 4.79 Å². The minimum Gasteiger partial charge on any atom is -0.493 e. The second-order valence-corrected chi connectivity index (χ2v) is 6.29. The monoisotopic (exact) mass is 302 g/mol. The van der Waals surface area contributed by atoms with Gasteiger partial charge in [-0.25, -0.2) is 4.79 Å². The van der Waals surface area contributed by atoms with E-state index < -0.39 is 0 Å². The number of fused-ring (bicyclic) bond motifs is 1. The van der Waals surface area contributed by atoms with Gasteiger partial charge in [0.25, 0.3) is 0 Å². The summed E-state index contributed by atoms with van der Waals surface area (Å²) in [5, 5.41) is 10.1. The third kappa shape index (κ3) is 3.33. The number of hydrogen-bond acceptors (Lipinski definition) is 4. The number of aliphatic hydroxyl groups is 1. The van der Waals surface area contributed by atoms with Crippen LogP contribution < -0.4 is 10.4 Å². The predicted octanol–water partition coefficient (Wildman–Crippen LogP) is 3.28. The Balaban J connectivity index is 1.66. The van der Waals surface area contributed by atoms with Crippen LogP contribution in [-0.2, 0) is 0 Å². The van der Waals surface area contributed by atoms with Crippen molar-refractivity contribution in [1.29, 1.82) is 0 Å². The third-order valence-electron chi connectivity index (χ3n) is 4.63. The van der Waals surface area contributed by atoms with Crippen molar-refractivity contribution in [2.45, 2.75) is 32.6 Å². The standard InChI is InChI=1S/C18H22O4/c1-12-8-18(20)22-17-9-15(6-7-16(12)17)21-11-14-4-2-13(10-19)3-5-14/h6-9,13-14,19H,2-5,10-11H2,1H3. The summed E-state index contributed by atoms with van der Waals surface area (Å²) in [5.41, 5.74) is 1.16. The molecule has 4 heteroatoms. The highest BCUT2D eigenvalue weighted by atomic mass is 16.5.